The van der Waals surface area contributed by atoms with Gasteiger partial charge in [-0.15, -0.1) is 0 Å². The first kappa shape index (κ1) is 17.6. The third kappa shape index (κ3) is 9.63. The van der Waals surface area contributed by atoms with E-state index in [2.05, 4.69) is 4.72 Å². The van der Waals surface area contributed by atoms with Gasteiger partial charge in [0.15, 0.2) is 0 Å². The van der Waals surface area contributed by atoms with Gasteiger partial charge in [0.25, 0.3) is 0 Å². The molecule has 18 heavy (non-hydrogen) atoms. The van der Waals surface area contributed by atoms with Gasteiger partial charge in [-0.1, -0.05) is 0 Å². The molecule has 0 aliphatic rings. The predicted molar refractivity (Wildman–Crippen MR) is 59.6 cm³/mol. The quantitative estimate of drug-likeness (QED) is 0.654. The second kappa shape index (κ2) is 7.93. The Morgan fingerprint density at radius 2 is 2.00 bits per heavy atom. The van der Waals surface area contributed by atoms with Crippen LogP contribution in [-0.4, -0.2) is 51.8 Å². The van der Waals surface area contributed by atoms with E-state index in [9.17, 15) is 21.6 Å². The van der Waals surface area contributed by atoms with Crippen molar-refractivity contribution in [2.75, 3.05) is 26.1 Å². The van der Waals surface area contributed by atoms with E-state index < -0.39 is 40.8 Å². The average molecular weight is 293 g/mol. The van der Waals surface area contributed by atoms with Crippen LogP contribution in [0, 0.1) is 0 Å². The van der Waals surface area contributed by atoms with Crippen molar-refractivity contribution in [3.8, 4) is 0 Å². The Morgan fingerprint density at radius 3 is 2.44 bits per heavy atom. The molecule has 0 bridgehead atoms. The fourth-order valence-electron chi connectivity index (χ4n) is 1.31. The zero-order valence-electron chi connectivity index (χ0n) is 10.0. The van der Waals surface area contributed by atoms with Crippen LogP contribution in [0.15, 0.2) is 0 Å². The summed E-state index contributed by atoms with van der Waals surface area (Å²) in [6.07, 6.45) is -5.83. The van der Waals surface area contributed by atoms with E-state index in [1.54, 1.807) is 0 Å². The minimum atomic E-state index is -4.35. The van der Waals surface area contributed by atoms with E-state index in [1.165, 1.54) is 7.11 Å². The molecule has 0 fully saturated rings. The van der Waals surface area contributed by atoms with Crippen LogP contribution in [0.3, 0.4) is 0 Å². The molecule has 0 aromatic rings. The van der Waals surface area contributed by atoms with Gasteiger partial charge in [0.2, 0.25) is 10.0 Å². The highest BCUT2D eigenvalue weighted by Gasteiger charge is 2.27. The van der Waals surface area contributed by atoms with Crippen molar-refractivity contribution in [3.63, 3.8) is 0 Å². The number of aliphatic hydroxyl groups is 1. The van der Waals surface area contributed by atoms with Crippen LogP contribution in [-0.2, 0) is 14.8 Å². The largest absolute Gasteiger partial charge is 0.396 e. The molecule has 0 amide bonds. The maximum absolute atomic E-state index is 11.9. The molecule has 0 radical (unpaired) electrons. The molecule has 2 N–H and O–H groups in total. The zero-order chi connectivity index (χ0) is 14.2. The number of ether oxygens (including phenoxy) is 1. The molecule has 1 unspecified atom stereocenters. The Morgan fingerprint density at radius 1 is 1.39 bits per heavy atom. The normalized spacial score (nSPS) is 14.7. The van der Waals surface area contributed by atoms with Crippen molar-refractivity contribution in [1.29, 1.82) is 0 Å². The van der Waals surface area contributed by atoms with Crippen molar-refractivity contribution in [2.24, 2.45) is 0 Å². The van der Waals surface area contributed by atoms with Gasteiger partial charge in [-0.05, 0) is 12.8 Å². The Bertz CT molecular complexity index is 312. The first-order valence-corrected chi connectivity index (χ1v) is 7.02. The molecular weight excluding hydrogens is 275 g/mol. The summed E-state index contributed by atoms with van der Waals surface area (Å²) in [6.45, 7) is -0.182. The maximum atomic E-state index is 11.9. The second-order valence-corrected chi connectivity index (χ2v) is 5.69. The number of alkyl halides is 3. The standard InChI is InChI=1S/C9H18F3NO4S/c1-17-7-8(3-5-14)13-18(15,16)6-2-4-9(10,11)12/h8,13-14H,2-7H2,1H3. The highest BCUT2D eigenvalue weighted by Crippen LogP contribution is 2.21. The molecule has 0 aliphatic carbocycles. The van der Waals surface area contributed by atoms with E-state index in [-0.39, 0.29) is 19.6 Å². The summed E-state index contributed by atoms with van der Waals surface area (Å²) in [5.74, 6) is -0.599. The minimum Gasteiger partial charge on any atom is -0.396 e. The van der Waals surface area contributed by atoms with Gasteiger partial charge < -0.3 is 9.84 Å². The first-order valence-electron chi connectivity index (χ1n) is 5.36. The second-order valence-electron chi connectivity index (χ2n) is 3.82. The summed E-state index contributed by atoms with van der Waals surface area (Å²) in [4.78, 5) is 0. The van der Waals surface area contributed by atoms with Crippen LogP contribution in [0.4, 0.5) is 13.2 Å². The molecule has 1 atom stereocenters. The minimum absolute atomic E-state index is 0.0546. The number of hydrogen-bond donors (Lipinski definition) is 2. The number of methoxy groups -OCH3 is 1. The molecule has 5 nitrogen and oxygen atoms in total. The highest BCUT2D eigenvalue weighted by atomic mass is 32.2. The van der Waals surface area contributed by atoms with Crippen molar-refractivity contribution < 1.29 is 31.4 Å². The third-order valence-electron chi connectivity index (χ3n) is 2.06. The summed E-state index contributed by atoms with van der Waals surface area (Å²) < 4.78 is 65.5. The number of aliphatic hydroxyl groups excluding tert-OH is 1. The number of nitrogens with one attached hydrogen (secondary N) is 1. The lowest BCUT2D eigenvalue weighted by Crippen LogP contribution is -2.40. The van der Waals surface area contributed by atoms with E-state index in [0.29, 0.717) is 0 Å². The van der Waals surface area contributed by atoms with Crippen molar-refractivity contribution >= 4 is 10.0 Å². The Kier molecular flexibility index (Phi) is 7.76. The summed E-state index contributed by atoms with van der Waals surface area (Å²) in [5.41, 5.74) is 0. The fourth-order valence-corrected chi connectivity index (χ4v) is 2.64. The molecule has 110 valence electrons. The molecule has 0 aliphatic heterocycles. The van der Waals surface area contributed by atoms with Crippen LogP contribution >= 0.6 is 0 Å². The number of halogens is 3. The van der Waals surface area contributed by atoms with Crippen LogP contribution in [0.1, 0.15) is 19.3 Å². The SMILES string of the molecule is COCC(CCO)NS(=O)(=O)CCCC(F)(F)F. The van der Waals surface area contributed by atoms with E-state index in [4.69, 9.17) is 9.84 Å². The van der Waals surface area contributed by atoms with Gasteiger partial charge in [0.1, 0.15) is 0 Å². The van der Waals surface area contributed by atoms with Crippen LogP contribution in [0.25, 0.3) is 0 Å². The maximum Gasteiger partial charge on any atom is 0.389 e. The van der Waals surface area contributed by atoms with Crippen molar-refractivity contribution in [1.82, 2.24) is 4.72 Å². The molecule has 0 saturated heterocycles. The molecule has 0 heterocycles. The lowest BCUT2D eigenvalue weighted by Gasteiger charge is -2.17. The number of sulfonamides is 1. The van der Waals surface area contributed by atoms with E-state index >= 15 is 0 Å². The summed E-state index contributed by atoms with van der Waals surface area (Å²) >= 11 is 0. The summed E-state index contributed by atoms with van der Waals surface area (Å²) in [5, 5.41) is 8.70. The van der Waals surface area contributed by atoms with Gasteiger partial charge in [-0.2, -0.15) is 13.2 Å². The molecule has 0 rings (SSSR count). The van der Waals surface area contributed by atoms with Crippen LogP contribution < -0.4 is 4.72 Å². The van der Waals surface area contributed by atoms with Crippen molar-refractivity contribution in [3.05, 3.63) is 0 Å². The van der Waals surface area contributed by atoms with Gasteiger partial charge in [0, 0.05) is 26.2 Å². The van der Waals surface area contributed by atoms with Crippen molar-refractivity contribution in [2.45, 2.75) is 31.5 Å². The Labute approximate surface area is 104 Å². The van der Waals surface area contributed by atoms with Crippen LogP contribution in [0.2, 0.25) is 0 Å². The van der Waals surface area contributed by atoms with Gasteiger partial charge in [-0.3, -0.25) is 0 Å². The zero-order valence-corrected chi connectivity index (χ0v) is 10.9. The molecule has 0 aromatic heterocycles. The molecule has 0 saturated carbocycles. The molecule has 9 heteroatoms. The Hall–Kier alpha value is -0.380. The van der Waals surface area contributed by atoms with E-state index in [1.807, 2.05) is 0 Å². The Balaban J connectivity index is 4.19. The highest BCUT2D eigenvalue weighted by molar-refractivity contribution is 7.89. The van der Waals surface area contributed by atoms with Gasteiger partial charge >= 0.3 is 6.18 Å². The van der Waals surface area contributed by atoms with Gasteiger partial charge in [0.05, 0.1) is 12.4 Å². The third-order valence-corrected chi connectivity index (χ3v) is 3.58. The monoisotopic (exact) mass is 293 g/mol. The number of hydrogen-bond acceptors (Lipinski definition) is 4. The molecule has 0 spiro atoms. The van der Waals surface area contributed by atoms with Gasteiger partial charge in [-0.25, -0.2) is 13.1 Å². The molecule has 0 aromatic carbocycles. The fraction of sp³-hybridized carbons (Fsp3) is 1.00. The van der Waals surface area contributed by atoms with Crippen LogP contribution in [0.5, 0.6) is 0 Å². The number of rotatable bonds is 9. The summed E-state index contributed by atoms with van der Waals surface area (Å²) in [7, 11) is -2.43. The predicted octanol–water partition coefficient (Wildman–Crippen LogP) is 0.646. The lowest BCUT2D eigenvalue weighted by molar-refractivity contribution is -0.134. The lowest BCUT2D eigenvalue weighted by atomic mass is 10.2. The topological polar surface area (TPSA) is 75.6 Å². The average Bonchev–Trinajstić information content (AvgIpc) is 2.14. The van der Waals surface area contributed by atoms with E-state index in [0.717, 1.165) is 0 Å². The smallest absolute Gasteiger partial charge is 0.389 e. The summed E-state index contributed by atoms with van der Waals surface area (Å²) in [6, 6.07) is -0.629. The molecular formula is C9H18F3NO4S. The first-order chi connectivity index (χ1) is 8.20.